The van der Waals surface area contributed by atoms with Crippen LogP contribution in [0.15, 0.2) is 0 Å². The van der Waals surface area contributed by atoms with Gasteiger partial charge in [-0.05, 0) is 40.5 Å². The maximum absolute atomic E-state index is 11.9. The third kappa shape index (κ3) is 2.12. The summed E-state index contributed by atoms with van der Waals surface area (Å²) in [6.45, 7) is 7.83. The fraction of sp³-hybridized carbons (Fsp3) is 1.00. The molecule has 0 amide bonds. The highest BCUT2D eigenvalue weighted by atomic mass is 28.2. The molecule has 3 radical (unpaired) electrons. The van der Waals surface area contributed by atoms with E-state index in [4.69, 9.17) is 4.43 Å². The van der Waals surface area contributed by atoms with E-state index in [2.05, 4.69) is 10.5 Å². The Morgan fingerprint density at radius 3 is 1.92 bits per heavy atom. The predicted molar refractivity (Wildman–Crippen MR) is 53.2 cm³/mol. The van der Waals surface area contributed by atoms with Crippen molar-refractivity contribution in [2.45, 2.75) is 57.7 Å². The molecule has 0 atom stereocenters. The summed E-state index contributed by atoms with van der Waals surface area (Å²) in [4.78, 5) is 0. The van der Waals surface area contributed by atoms with Crippen molar-refractivity contribution in [1.82, 2.24) is 5.06 Å². The lowest BCUT2D eigenvalue weighted by atomic mass is 9.80. The summed E-state index contributed by atoms with van der Waals surface area (Å²) in [5, 5.41) is 13.1. The van der Waals surface area contributed by atoms with Gasteiger partial charge < -0.3 is 14.7 Å². The van der Waals surface area contributed by atoms with E-state index in [0.29, 0.717) is 0 Å². The van der Waals surface area contributed by atoms with Crippen molar-refractivity contribution in [2.75, 3.05) is 0 Å². The van der Waals surface area contributed by atoms with E-state index in [0.717, 1.165) is 12.8 Å². The Morgan fingerprint density at radius 1 is 1.23 bits per heavy atom. The van der Waals surface area contributed by atoms with Gasteiger partial charge in [-0.2, -0.15) is 0 Å². The third-order valence-corrected chi connectivity index (χ3v) is 3.05. The van der Waals surface area contributed by atoms with E-state index < -0.39 is 0 Å². The van der Waals surface area contributed by atoms with Gasteiger partial charge in [-0.1, -0.05) is 0 Å². The average Bonchev–Trinajstić information content (AvgIpc) is 1.99. The van der Waals surface area contributed by atoms with Crippen molar-refractivity contribution in [3.05, 3.63) is 5.21 Å². The van der Waals surface area contributed by atoms with Gasteiger partial charge >= 0.3 is 0 Å². The van der Waals surface area contributed by atoms with E-state index >= 15 is 0 Å². The molecular weight excluding hydrogens is 182 g/mol. The SMILES string of the molecule is CC1(C)CC(O[Si])CC(C)(C)N1[O-]. The molecule has 4 heteroatoms. The molecule has 1 aliphatic rings. The smallest absolute Gasteiger partial charge is 0.246 e. The van der Waals surface area contributed by atoms with Gasteiger partial charge in [0.15, 0.2) is 0 Å². The van der Waals surface area contributed by atoms with Crippen molar-refractivity contribution < 1.29 is 4.43 Å². The lowest BCUT2D eigenvalue weighted by Gasteiger charge is -2.59. The second kappa shape index (κ2) is 3.35. The molecule has 0 aliphatic carbocycles. The van der Waals surface area contributed by atoms with Gasteiger partial charge in [0.1, 0.15) is 0 Å². The van der Waals surface area contributed by atoms with Crippen LogP contribution in [-0.4, -0.2) is 32.7 Å². The van der Waals surface area contributed by atoms with Gasteiger partial charge in [-0.15, -0.1) is 0 Å². The Balaban J connectivity index is 2.82. The fourth-order valence-corrected chi connectivity index (χ4v) is 2.42. The van der Waals surface area contributed by atoms with Crippen molar-refractivity contribution in [3.8, 4) is 0 Å². The highest BCUT2D eigenvalue weighted by Gasteiger charge is 2.39. The molecular formula is C9H17NO2Si-. The van der Waals surface area contributed by atoms with Crippen LogP contribution in [0.1, 0.15) is 40.5 Å². The molecule has 0 saturated carbocycles. The zero-order valence-corrected chi connectivity index (χ0v) is 9.76. The van der Waals surface area contributed by atoms with Crippen LogP contribution in [0.3, 0.4) is 0 Å². The largest absolute Gasteiger partial charge is 0.784 e. The number of hydroxylamine groups is 2. The summed E-state index contributed by atoms with van der Waals surface area (Å²) in [5.41, 5.74) is -0.669. The van der Waals surface area contributed by atoms with E-state index in [1.807, 2.05) is 27.7 Å². The highest BCUT2D eigenvalue weighted by Crippen LogP contribution is 2.38. The molecule has 0 N–H and O–H groups in total. The van der Waals surface area contributed by atoms with Gasteiger partial charge in [0.2, 0.25) is 10.5 Å². The van der Waals surface area contributed by atoms with Crippen molar-refractivity contribution in [2.24, 2.45) is 0 Å². The lowest BCUT2D eigenvalue weighted by molar-refractivity contribution is -0.0385. The van der Waals surface area contributed by atoms with Crippen molar-refractivity contribution >= 4 is 10.5 Å². The van der Waals surface area contributed by atoms with Crippen LogP contribution < -0.4 is 0 Å². The summed E-state index contributed by atoms with van der Waals surface area (Å²) in [5.74, 6) is 0. The summed E-state index contributed by atoms with van der Waals surface area (Å²) in [6.07, 6.45) is 1.67. The summed E-state index contributed by atoms with van der Waals surface area (Å²) < 4.78 is 5.15. The number of piperidine rings is 1. The number of hydrogen-bond donors (Lipinski definition) is 0. The number of hydrogen-bond acceptors (Lipinski definition) is 3. The van der Waals surface area contributed by atoms with Crippen LogP contribution in [0.4, 0.5) is 0 Å². The number of rotatable bonds is 1. The summed E-state index contributed by atoms with van der Waals surface area (Å²) in [6, 6.07) is 0. The van der Waals surface area contributed by atoms with Gasteiger partial charge in [-0.25, -0.2) is 0 Å². The fourth-order valence-electron chi connectivity index (χ4n) is 2.25. The first-order valence-electron chi connectivity index (χ1n) is 4.59. The molecule has 0 aromatic carbocycles. The van der Waals surface area contributed by atoms with Gasteiger partial charge in [0.25, 0.3) is 0 Å². The Bertz CT molecular complexity index is 176. The van der Waals surface area contributed by atoms with Crippen LogP contribution in [0.5, 0.6) is 0 Å². The molecule has 0 bridgehead atoms. The highest BCUT2D eigenvalue weighted by molar-refractivity contribution is 5.98. The van der Waals surface area contributed by atoms with E-state index in [1.165, 1.54) is 5.06 Å². The van der Waals surface area contributed by atoms with Crippen molar-refractivity contribution in [1.29, 1.82) is 0 Å². The second-order valence-electron chi connectivity index (χ2n) is 5.07. The Kier molecular flexibility index (Phi) is 2.88. The Labute approximate surface area is 83.6 Å². The lowest BCUT2D eigenvalue weighted by Crippen LogP contribution is -2.59. The molecule has 13 heavy (non-hydrogen) atoms. The topological polar surface area (TPSA) is 35.5 Å². The maximum atomic E-state index is 11.9. The van der Waals surface area contributed by atoms with E-state index in [9.17, 15) is 5.21 Å². The zero-order chi connectivity index (χ0) is 10.3. The van der Waals surface area contributed by atoms with Crippen LogP contribution in [0.25, 0.3) is 0 Å². The third-order valence-electron chi connectivity index (χ3n) is 2.72. The Hall–Kier alpha value is 0.0969. The first-order valence-corrected chi connectivity index (χ1v) is 5.00. The van der Waals surface area contributed by atoms with Crippen LogP contribution in [-0.2, 0) is 4.43 Å². The standard InChI is InChI=1S/C9H17NO2Si/c1-8(2)5-7(12-13)6-9(3,4)10(8)11/h7H,5-6H2,1-4H3/q-1. The van der Waals surface area contributed by atoms with Gasteiger partial charge in [0, 0.05) is 17.2 Å². The average molecular weight is 199 g/mol. The van der Waals surface area contributed by atoms with E-state index in [-0.39, 0.29) is 17.2 Å². The predicted octanol–water partition coefficient (Wildman–Crippen LogP) is 1.61. The summed E-state index contributed by atoms with van der Waals surface area (Å²) >= 11 is 0. The molecule has 1 rings (SSSR count). The molecule has 0 aromatic rings. The first-order chi connectivity index (χ1) is 5.79. The summed E-state index contributed by atoms with van der Waals surface area (Å²) in [7, 11) is 3.06. The molecule has 1 saturated heterocycles. The Morgan fingerprint density at radius 2 is 1.62 bits per heavy atom. The van der Waals surface area contributed by atoms with Gasteiger partial charge in [0.05, 0.1) is 0 Å². The molecule has 1 heterocycles. The second-order valence-corrected chi connectivity index (χ2v) is 5.30. The van der Waals surface area contributed by atoms with E-state index in [1.54, 1.807) is 0 Å². The molecule has 0 unspecified atom stereocenters. The minimum atomic E-state index is -0.334. The number of nitrogens with zero attached hydrogens (tertiary/aromatic N) is 1. The zero-order valence-electron chi connectivity index (χ0n) is 8.76. The molecule has 1 fully saturated rings. The van der Waals surface area contributed by atoms with Gasteiger partial charge in [-0.3, -0.25) is 0 Å². The monoisotopic (exact) mass is 199 g/mol. The molecule has 0 spiro atoms. The molecule has 0 aromatic heterocycles. The first kappa shape index (κ1) is 11.2. The van der Waals surface area contributed by atoms with Crippen LogP contribution >= 0.6 is 0 Å². The molecule has 3 nitrogen and oxygen atoms in total. The maximum Gasteiger partial charge on any atom is 0.246 e. The quantitative estimate of drug-likeness (QED) is 0.602. The molecule has 75 valence electrons. The normalized spacial score (nSPS) is 29.1. The molecule has 1 aliphatic heterocycles. The minimum absolute atomic E-state index is 0.131. The van der Waals surface area contributed by atoms with Crippen LogP contribution in [0.2, 0.25) is 0 Å². The van der Waals surface area contributed by atoms with Crippen molar-refractivity contribution in [3.63, 3.8) is 0 Å². The van der Waals surface area contributed by atoms with Crippen LogP contribution in [0, 0.1) is 5.21 Å². The minimum Gasteiger partial charge on any atom is -0.784 e.